The van der Waals surface area contributed by atoms with Crippen LogP contribution in [0.25, 0.3) is 0 Å². The summed E-state index contributed by atoms with van der Waals surface area (Å²) in [6.07, 6.45) is 2.01. The lowest BCUT2D eigenvalue weighted by Crippen LogP contribution is -2.41. The third kappa shape index (κ3) is 4.93. The topological polar surface area (TPSA) is 44.7 Å². The molecule has 0 amide bonds. The molecule has 2 aromatic rings. The second kappa shape index (κ2) is 8.96. The van der Waals surface area contributed by atoms with Gasteiger partial charge in [-0.15, -0.1) is 0 Å². The molecule has 3 rings (SSSR count). The maximum absolute atomic E-state index is 13.4. The van der Waals surface area contributed by atoms with Crippen LogP contribution >= 0.6 is 0 Å². The van der Waals surface area contributed by atoms with Crippen molar-refractivity contribution in [3.05, 3.63) is 59.7 Å². The third-order valence-corrected chi connectivity index (χ3v) is 4.51. The summed E-state index contributed by atoms with van der Waals surface area (Å²) in [5.41, 5.74) is 1.68. The van der Waals surface area contributed by atoms with E-state index in [0.717, 1.165) is 49.9 Å². The molecule has 1 aliphatic heterocycles. The van der Waals surface area contributed by atoms with Crippen molar-refractivity contribution in [2.45, 2.75) is 25.4 Å². The van der Waals surface area contributed by atoms with E-state index in [9.17, 15) is 8.78 Å². The van der Waals surface area contributed by atoms with E-state index in [0.29, 0.717) is 5.69 Å². The number of hydrogen-bond donors (Lipinski definition) is 2. The van der Waals surface area contributed by atoms with E-state index in [1.807, 2.05) is 24.3 Å². The molecule has 6 heteroatoms. The summed E-state index contributed by atoms with van der Waals surface area (Å²) in [6.45, 7) is 2.80. The van der Waals surface area contributed by atoms with Gasteiger partial charge in [-0.05, 0) is 37.6 Å². The number of nitrogens with zero attached hydrogens (tertiary/aromatic N) is 1. The Hall–Kier alpha value is -2.18. The summed E-state index contributed by atoms with van der Waals surface area (Å²) in [6, 6.07) is 11.9. The zero-order chi connectivity index (χ0) is 18.4. The molecule has 1 saturated heterocycles. The first-order valence-electron chi connectivity index (χ1n) is 8.91. The van der Waals surface area contributed by atoms with Crippen molar-refractivity contribution in [1.29, 1.82) is 0 Å². The highest BCUT2D eigenvalue weighted by Gasteiger charge is 2.21. The molecule has 0 bridgehead atoms. The van der Waals surface area contributed by atoms with Crippen LogP contribution in [-0.4, -0.2) is 42.4 Å². The largest absolute Gasteiger partial charge is 0.491 e. The summed E-state index contributed by atoms with van der Waals surface area (Å²) in [7, 11) is 0. The lowest BCUT2D eigenvalue weighted by molar-refractivity contribution is 0.189. The summed E-state index contributed by atoms with van der Waals surface area (Å²) < 4.78 is 32.1. The van der Waals surface area contributed by atoms with Crippen molar-refractivity contribution in [2.24, 2.45) is 0 Å². The lowest BCUT2D eigenvalue weighted by Gasteiger charge is -2.34. The molecule has 0 saturated carbocycles. The maximum atomic E-state index is 13.4. The molecule has 1 fully saturated rings. The zero-order valence-corrected chi connectivity index (χ0v) is 14.6. The van der Waals surface area contributed by atoms with Crippen LogP contribution in [-0.2, 0) is 6.54 Å². The van der Waals surface area contributed by atoms with Gasteiger partial charge in [0.15, 0.2) is 11.6 Å². The molecule has 1 atom stereocenters. The number of halogens is 2. The quantitative estimate of drug-likeness (QED) is 0.792. The third-order valence-electron chi connectivity index (χ3n) is 4.51. The molecule has 140 valence electrons. The molecule has 0 unspecified atom stereocenters. The Kier molecular flexibility index (Phi) is 6.41. The van der Waals surface area contributed by atoms with Crippen molar-refractivity contribution < 1.29 is 18.6 Å². The van der Waals surface area contributed by atoms with Crippen LogP contribution in [0.5, 0.6) is 5.75 Å². The van der Waals surface area contributed by atoms with Gasteiger partial charge in [0.25, 0.3) is 0 Å². The molecule has 2 aromatic carbocycles. The number of ether oxygens (including phenoxy) is 1. The fourth-order valence-electron chi connectivity index (χ4n) is 3.31. The predicted molar refractivity (Wildman–Crippen MR) is 97.3 cm³/mol. The van der Waals surface area contributed by atoms with Gasteiger partial charge in [-0.1, -0.05) is 18.2 Å². The van der Waals surface area contributed by atoms with E-state index in [1.54, 1.807) is 6.07 Å². The van der Waals surface area contributed by atoms with E-state index in [-0.39, 0.29) is 19.3 Å². The van der Waals surface area contributed by atoms with Gasteiger partial charge in [0.2, 0.25) is 0 Å². The smallest absolute Gasteiger partial charge is 0.160 e. The van der Waals surface area contributed by atoms with E-state index in [2.05, 4.69) is 10.2 Å². The van der Waals surface area contributed by atoms with Crippen LogP contribution in [0.15, 0.2) is 42.5 Å². The van der Waals surface area contributed by atoms with Crippen molar-refractivity contribution in [1.82, 2.24) is 4.90 Å². The summed E-state index contributed by atoms with van der Waals surface area (Å²) in [5.74, 6) is -0.879. The highest BCUT2D eigenvalue weighted by Crippen LogP contribution is 2.23. The molecule has 26 heavy (non-hydrogen) atoms. The normalized spacial score (nSPS) is 17.9. The lowest BCUT2D eigenvalue weighted by atomic mass is 10.0. The van der Waals surface area contributed by atoms with Crippen LogP contribution in [0, 0.1) is 11.6 Å². The number of aliphatic hydroxyl groups is 1. The Labute approximate surface area is 152 Å². The second-order valence-corrected chi connectivity index (χ2v) is 6.53. The van der Waals surface area contributed by atoms with E-state index >= 15 is 0 Å². The molecule has 0 aromatic heterocycles. The number of rotatable bonds is 7. The van der Waals surface area contributed by atoms with Gasteiger partial charge in [0.05, 0.1) is 6.61 Å². The van der Waals surface area contributed by atoms with Crippen LogP contribution in [0.4, 0.5) is 14.5 Å². The minimum Gasteiger partial charge on any atom is -0.491 e. The summed E-state index contributed by atoms with van der Waals surface area (Å²) in [5, 5.41) is 12.3. The minimum atomic E-state index is -0.836. The number of hydrogen-bond acceptors (Lipinski definition) is 4. The number of aliphatic hydroxyl groups excluding tert-OH is 1. The molecule has 4 nitrogen and oxygen atoms in total. The van der Waals surface area contributed by atoms with Gasteiger partial charge >= 0.3 is 0 Å². The Balaban J connectivity index is 1.61. The average molecular weight is 362 g/mol. The molecular formula is C20H24F2N2O2. The summed E-state index contributed by atoms with van der Waals surface area (Å²) in [4.78, 5) is 2.32. The first-order chi connectivity index (χ1) is 12.7. The number of anilines is 1. The second-order valence-electron chi connectivity index (χ2n) is 6.53. The molecule has 2 N–H and O–H groups in total. The van der Waals surface area contributed by atoms with Gasteiger partial charge < -0.3 is 15.2 Å². The average Bonchev–Trinajstić information content (AvgIpc) is 2.64. The van der Waals surface area contributed by atoms with Gasteiger partial charge in [0.1, 0.15) is 12.4 Å². The highest BCUT2D eigenvalue weighted by atomic mass is 19.2. The Morgan fingerprint density at radius 3 is 2.81 bits per heavy atom. The molecule has 0 aliphatic carbocycles. The SMILES string of the molecule is OCCOc1ccccc1CN1CCC[C@H](Nc2ccc(F)c(F)c2)C1. The number of benzene rings is 2. The molecule has 1 heterocycles. The molecule has 0 spiro atoms. The Morgan fingerprint density at radius 2 is 2.00 bits per heavy atom. The van der Waals surface area contributed by atoms with Crippen LogP contribution in [0.1, 0.15) is 18.4 Å². The number of para-hydroxylation sites is 1. The van der Waals surface area contributed by atoms with Crippen LogP contribution in [0.3, 0.4) is 0 Å². The van der Waals surface area contributed by atoms with Crippen molar-refractivity contribution in [2.75, 3.05) is 31.6 Å². The zero-order valence-electron chi connectivity index (χ0n) is 14.6. The number of piperidine rings is 1. The maximum Gasteiger partial charge on any atom is 0.160 e. The molecule has 0 radical (unpaired) electrons. The van der Waals surface area contributed by atoms with Crippen molar-refractivity contribution in [3.63, 3.8) is 0 Å². The van der Waals surface area contributed by atoms with Crippen LogP contribution in [0.2, 0.25) is 0 Å². The first kappa shape index (κ1) is 18.6. The van der Waals surface area contributed by atoms with Gasteiger partial charge in [0, 0.05) is 36.4 Å². The first-order valence-corrected chi connectivity index (χ1v) is 8.91. The highest BCUT2D eigenvalue weighted by molar-refractivity contribution is 5.44. The molecule has 1 aliphatic rings. The fraction of sp³-hybridized carbons (Fsp3) is 0.400. The standard InChI is InChI=1S/C20H24F2N2O2/c21-18-8-7-16(12-19(18)22)23-17-5-3-9-24(14-17)13-15-4-1-2-6-20(15)26-11-10-25/h1-2,4,6-8,12,17,23,25H,3,5,9-11,13-14H2/t17-/m0/s1. The van der Waals surface area contributed by atoms with Crippen molar-refractivity contribution in [3.8, 4) is 5.75 Å². The Morgan fingerprint density at radius 1 is 1.15 bits per heavy atom. The van der Waals surface area contributed by atoms with E-state index < -0.39 is 11.6 Å². The number of nitrogens with one attached hydrogen (secondary N) is 1. The monoisotopic (exact) mass is 362 g/mol. The van der Waals surface area contributed by atoms with E-state index in [1.165, 1.54) is 6.07 Å². The predicted octanol–water partition coefficient (Wildman–Crippen LogP) is 3.41. The fourth-order valence-corrected chi connectivity index (χ4v) is 3.31. The van der Waals surface area contributed by atoms with Gasteiger partial charge in [-0.3, -0.25) is 4.90 Å². The van der Waals surface area contributed by atoms with Gasteiger partial charge in [-0.2, -0.15) is 0 Å². The van der Waals surface area contributed by atoms with Gasteiger partial charge in [-0.25, -0.2) is 8.78 Å². The van der Waals surface area contributed by atoms with E-state index in [4.69, 9.17) is 9.84 Å². The van der Waals surface area contributed by atoms with Crippen LogP contribution < -0.4 is 10.1 Å². The number of likely N-dealkylation sites (tertiary alicyclic amines) is 1. The summed E-state index contributed by atoms with van der Waals surface area (Å²) >= 11 is 0. The minimum absolute atomic E-state index is 0.0156. The Bertz CT molecular complexity index is 727. The molecular weight excluding hydrogens is 338 g/mol. The van der Waals surface area contributed by atoms with Crippen molar-refractivity contribution >= 4 is 5.69 Å².